The van der Waals surface area contributed by atoms with Crippen LogP contribution in [0.15, 0.2) is 4.99 Å². The number of esters is 1. The summed E-state index contributed by atoms with van der Waals surface area (Å²) in [7, 11) is 0. The van der Waals surface area contributed by atoms with Crippen LogP contribution in [-0.4, -0.2) is 86.9 Å². The lowest BCUT2D eigenvalue weighted by Gasteiger charge is -2.35. The van der Waals surface area contributed by atoms with Gasteiger partial charge in [-0.25, -0.2) is 0 Å². The highest BCUT2D eigenvalue weighted by atomic mass is 127. The van der Waals surface area contributed by atoms with Crippen LogP contribution in [0.25, 0.3) is 0 Å². The highest BCUT2D eigenvalue weighted by Gasteiger charge is 2.28. The van der Waals surface area contributed by atoms with Gasteiger partial charge in [-0.15, -0.1) is 24.0 Å². The van der Waals surface area contributed by atoms with Crippen LogP contribution >= 0.6 is 24.0 Å². The molecule has 2 heterocycles. The summed E-state index contributed by atoms with van der Waals surface area (Å²) < 4.78 is 11.1. The fraction of sp³-hybridized carbons (Fsp3) is 0.900. The summed E-state index contributed by atoms with van der Waals surface area (Å²) >= 11 is 0. The van der Waals surface area contributed by atoms with Crippen molar-refractivity contribution in [2.75, 3.05) is 59.0 Å². The zero-order chi connectivity index (χ0) is 19.6. The molecule has 0 amide bonds. The van der Waals surface area contributed by atoms with Gasteiger partial charge in [0.15, 0.2) is 5.96 Å². The van der Waals surface area contributed by atoms with Crippen LogP contribution in [0.2, 0.25) is 0 Å². The molecular weight excluding hydrogens is 471 g/mol. The Balaban J connectivity index is 0.00000392. The lowest BCUT2D eigenvalue weighted by Crippen LogP contribution is -2.48. The predicted octanol–water partition coefficient (Wildman–Crippen LogP) is 2.20. The molecule has 0 radical (unpaired) electrons. The average molecular weight is 510 g/mol. The number of carbonyl (C=O) groups is 1. The SMILES string of the molecule is CCNC(=NCC1CN(CC(C)C)CCO1)N1CCC(C(=O)OCC)CC1.I. The molecule has 0 aromatic carbocycles. The number of rotatable bonds is 7. The Bertz CT molecular complexity index is 482. The van der Waals surface area contributed by atoms with Crippen molar-refractivity contribution < 1.29 is 14.3 Å². The van der Waals surface area contributed by atoms with E-state index in [1.807, 2.05) is 6.92 Å². The maximum absolute atomic E-state index is 11.9. The third kappa shape index (κ3) is 8.41. The highest BCUT2D eigenvalue weighted by molar-refractivity contribution is 14.0. The molecule has 164 valence electrons. The summed E-state index contributed by atoms with van der Waals surface area (Å²) in [5.74, 6) is 1.57. The van der Waals surface area contributed by atoms with Crippen LogP contribution in [0.3, 0.4) is 0 Å². The zero-order valence-corrected chi connectivity index (χ0v) is 20.3. The molecule has 1 unspecified atom stereocenters. The van der Waals surface area contributed by atoms with Crippen molar-refractivity contribution >= 4 is 35.9 Å². The molecule has 2 fully saturated rings. The van der Waals surface area contributed by atoms with Crippen LogP contribution in [0.4, 0.5) is 0 Å². The van der Waals surface area contributed by atoms with E-state index in [1.165, 1.54) is 0 Å². The van der Waals surface area contributed by atoms with E-state index in [2.05, 4.69) is 35.9 Å². The first-order valence-electron chi connectivity index (χ1n) is 10.6. The quantitative estimate of drug-likeness (QED) is 0.245. The van der Waals surface area contributed by atoms with Crippen molar-refractivity contribution in [3.05, 3.63) is 0 Å². The molecule has 1 atom stereocenters. The highest BCUT2D eigenvalue weighted by Crippen LogP contribution is 2.19. The molecule has 8 heteroatoms. The number of nitrogens with one attached hydrogen (secondary N) is 1. The predicted molar refractivity (Wildman–Crippen MR) is 123 cm³/mol. The molecule has 0 spiro atoms. The lowest BCUT2D eigenvalue weighted by atomic mass is 9.97. The van der Waals surface area contributed by atoms with Gasteiger partial charge in [0.1, 0.15) is 0 Å². The largest absolute Gasteiger partial charge is 0.466 e. The standard InChI is InChI=1S/C20H38N4O3.HI/c1-5-21-20(24-9-7-17(8-10-24)19(25)26-6-2)22-13-18-15-23(11-12-27-18)14-16(3)4;/h16-18H,5-15H2,1-4H3,(H,21,22);1H. The van der Waals surface area contributed by atoms with Gasteiger partial charge in [0.25, 0.3) is 0 Å². The Labute approximate surface area is 187 Å². The molecule has 2 saturated heterocycles. The van der Waals surface area contributed by atoms with Gasteiger partial charge >= 0.3 is 5.97 Å². The van der Waals surface area contributed by atoms with Crippen LogP contribution in [0.1, 0.15) is 40.5 Å². The van der Waals surface area contributed by atoms with Gasteiger partial charge in [-0.1, -0.05) is 13.8 Å². The number of hydrogen-bond acceptors (Lipinski definition) is 5. The molecule has 0 aromatic heterocycles. The summed E-state index contributed by atoms with van der Waals surface area (Å²) in [6, 6.07) is 0. The first-order chi connectivity index (χ1) is 13.0. The van der Waals surface area contributed by atoms with Gasteiger partial charge in [0.2, 0.25) is 0 Å². The molecule has 2 rings (SSSR count). The van der Waals surface area contributed by atoms with Crippen LogP contribution < -0.4 is 5.32 Å². The Morgan fingerprint density at radius 2 is 1.96 bits per heavy atom. The molecule has 1 N–H and O–H groups in total. The van der Waals surface area contributed by atoms with E-state index >= 15 is 0 Å². The number of nitrogens with zero attached hydrogens (tertiary/aromatic N) is 3. The van der Waals surface area contributed by atoms with E-state index in [4.69, 9.17) is 14.5 Å². The van der Waals surface area contributed by atoms with E-state index < -0.39 is 0 Å². The van der Waals surface area contributed by atoms with Gasteiger partial charge in [-0.2, -0.15) is 0 Å². The van der Waals surface area contributed by atoms with E-state index in [0.29, 0.717) is 19.1 Å². The minimum Gasteiger partial charge on any atom is -0.466 e. The third-order valence-electron chi connectivity index (χ3n) is 5.04. The minimum absolute atomic E-state index is 0. The summed E-state index contributed by atoms with van der Waals surface area (Å²) in [5, 5.41) is 3.40. The summed E-state index contributed by atoms with van der Waals surface area (Å²) in [6.45, 7) is 16.0. The summed E-state index contributed by atoms with van der Waals surface area (Å²) in [5.41, 5.74) is 0. The van der Waals surface area contributed by atoms with Gasteiger partial charge in [-0.3, -0.25) is 14.7 Å². The molecule has 7 nitrogen and oxygen atoms in total. The minimum atomic E-state index is -0.0556. The van der Waals surface area contributed by atoms with Gasteiger partial charge in [0.05, 0.1) is 31.8 Å². The van der Waals surface area contributed by atoms with E-state index in [0.717, 1.165) is 64.7 Å². The van der Waals surface area contributed by atoms with E-state index in [1.54, 1.807) is 0 Å². The number of carbonyl (C=O) groups excluding carboxylic acids is 1. The number of morpholine rings is 1. The fourth-order valence-corrected chi connectivity index (χ4v) is 3.77. The summed E-state index contributed by atoms with van der Waals surface area (Å²) in [4.78, 5) is 21.5. The Morgan fingerprint density at radius 1 is 1.25 bits per heavy atom. The van der Waals surface area contributed by atoms with Crippen LogP contribution in [0, 0.1) is 11.8 Å². The third-order valence-corrected chi connectivity index (χ3v) is 5.04. The van der Waals surface area contributed by atoms with Gasteiger partial charge in [0, 0.05) is 39.3 Å². The van der Waals surface area contributed by atoms with Crippen LogP contribution in [-0.2, 0) is 14.3 Å². The topological polar surface area (TPSA) is 66.4 Å². The van der Waals surface area contributed by atoms with Crippen molar-refractivity contribution in [3.8, 4) is 0 Å². The van der Waals surface area contributed by atoms with Crippen molar-refractivity contribution in [2.24, 2.45) is 16.8 Å². The van der Waals surface area contributed by atoms with Crippen molar-refractivity contribution in [1.82, 2.24) is 15.1 Å². The molecule has 0 saturated carbocycles. The lowest BCUT2D eigenvalue weighted by molar-refractivity contribution is -0.149. The average Bonchev–Trinajstić information content (AvgIpc) is 2.65. The van der Waals surface area contributed by atoms with Crippen molar-refractivity contribution in [2.45, 2.75) is 46.6 Å². The second-order valence-electron chi connectivity index (χ2n) is 7.85. The van der Waals surface area contributed by atoms with E-state index in [-0.39, 0.29) is 42.0 Å². The molecular formula is C20H39IN4O3. The van der Waals surface area contributed by atoms with Gasteiger partial charge < -0.3 is 19.7 Å². The molecule has 0 bridgehead atoms. The molecule has 0 aromatic rings. The Hall–Kier alpha value is -0.610. The second kappa shape index (κ2) is 13.6. The smallest absolute Gasteiger partial charge is 0.309 e. The molecule has 2 aliphatic heterocycles. The molecule has 28 heavy (non-hydrogen) atoms. The first-order valence-corrected chi connectivity index (χ1v) is 10.6. The second-order valence-corrected chi connectivity index (χ2v) is 7.85. The summed E-state index contributed by atoms with van der Waals surface area (Å²) in [6.07, 6.45) is 1.81. The number of hydrogen-bond donors (Lipinski definition) is 1. The Morgan fingerprint density at radius 3 is 2.57 bits per heavy atom. The number of halogens is 1. The maximum atomic E-state index is 11.9. The first kappa shape index (κ1) is 25.4. The number of piperidine rings is 1. The monoisotopic (exact) mass is 510 g/mol. The normalized spacial score (nSPS) is 22.1. The number of likely N-dealkylation sites (tertiary alicyclic amines) is 1. The maximum Gasteiger partial charge on any atom is 0.309 e. The van der Waals surface area contributed by atoms with Crippen molar-refractivity contribution in [1.29, 1.82) is 0 Å². The number of guanidine groups is 1. The van der Waals surface area contributed by atoms with E-state index in [9.17, 15) is 4.79 Å². The van der Waals surface area contributed by atoms with Crippen molar-refractivity contribution in [3.63, 3.8) is 0 Å². The Kier molecular flexibility index (Phi) is 12.3. The number of aliphatic imine (C=N–C) groups is 1. The molecule has 0 aliphatic carbocycles. The van der Waals surface area contributed by atoms with Gasteiger partial charge in [-0.05, 0) is 32.6 Å². The van der Waals surface area contributed by atoms with Crippen LogP contribution in [0.5, 0.6) is 0 Å². The fourth-order valence-electron chi connectivity index (χ4n) is 3.77. The molecule has 2 aliphatic rings. The zero-order valence-electron chi connectivity index (χ0n) is 18.0. The number of ether oxygens (including phenoxy) is 2.